The van der Waals surface area contributed by atoms with Crippen molar-refractivity contribution >= 4 is 12.2 Å². The first-order chi connectivity index (χ1) is 8.15. The predicted octanol–water partition coefficient (Wildman–Crippen LogP) is -2.69. The second-order valence-electron chi connectivity index (χ2n) is 3.36. The van der Waals surface area contributed by atoms with E-state index in [0.29, 0.717) is 0 Å². The van der Waals surface area contributed by atoms with Gasteiger partial charge in [0.15, 0.2) is 0 Å². The summed E-state index contributed by atoms with van der Waals surface area (Å²) in [5, 5.41) is 36.9. The van der Waals surface area contributed by atoms with Crippen molar-refractivity contribution < 1.29 is 43.2 Å². The van der Waals surface area contributed by atoms with Crippen LogP contribution in [0.1, 0.15) is 0 Å². The first kappa shape index (κ1) is 16.8. The van der Waals surface area contributed by atoms with Gasteiger partial charge >= 0.3 is 12.1 Å². The molecule has 0 rings (SSSR count). The molecule has 0 aliphatic carbocycles. The number of hydrogen-bond donors (Lipinski definition) is 5. The van der Waals surface area contributed by atoms with E-state index < -0.39 is 43.0 Å². The largest absolute Gasteiger partial charge is 0.471 e. The Balaban J connectivity index is 4.69. The van der Waals surface area contributed by atoms with Gasteiger partial charge in [0.1, 0.15) is 30.6 Å². The van der Waals surface area contributed by atoms with Crippen molar-refractivity contribution in [2.45, 2.75) is 30.5 Å². The molecule has 4 atom stereocenters. The fourth-order valence-electron chi connectivity index (χ4n) is 0.981. The minimum Gasteiger partial charge on any atom is -0.394 e. The van der Waals surface area contributed by atoms with Gasteiger partial charge in [-0.05, 0) is 0 Å². The molecule has 0 fully saturated rings. The Morgan fingerprint density at radius 3 is 2.06 bits per heavy atom. The highest BCUT2D eigenvalue weighted by Crippen LogP contribution is 2.15. The maximum Gasteiger partial charge on any atom is 0.471 e. The van der Waals surface area contributed by atoms with Gasteiger partial charge in [-0.15, -0.1) is 0 Å². The summed E-state index contributed by atoms with van der Waals surface area (Å²) in [4.78, 5) is 20.9. The number of aliphatic hydroxyl groups excluding tert-OH is 4. The molecule has 106 valence electrons. The normalized spacial score (nSPS) is 18.6. The first-order valence-electron chi connectivity index (χ1n) is 4.63. The Morgan fingerprint density at radius 1 is 1.22 bits per heavy atom. The lowest BCUT2D eigenvalue weighted by Crippen LogP contribution is -2.55. The SMILES string of the molecule is O=C[C@H](NC(=O)C(F)(F)F)[C@@H](O)[C@H](O)[C@H](O)CO. The molecule has 10 heteroatoms. The molecule has 0 heterocycles. The molecule has 0 saturated carbocycles. The Labute approximate surface area is 98.8 Å². The van der Waals surface area contributed by atoms with Crippen LogP contribution in [0.5, 0.6) is 0 Å². The van der Waals surface area contributed by atoms with E-state index in [4.69, 9.17) is 15.3 Å². The highest BCUT2D eigenvalue weighted by molar-refractivity contribution is 5.84. The van der Waals surface area contributed by atoms with E-state index in [1.54, 1.807) is 0 Å². The van der Waals surface area contributed by atoms with Crippen LogP contribution >= 0.6 is 0 Å². The van der Waals surface area contributed by atoms with E-state index >= 15 is 0 Å². The average molecular weight is 275 g/mol. The summed E-state index contributed by atoms with van der Waals surface area (Å²) in [6.45, 7) is -0.989. The van der Waals surface area contributed by atoms with Crippen molar-refractivity contribution in [2.24, 2.45) is 0 Å². The summed E-state index contributed by atoms with van der Waals surface area (Å²) >= 11 is 0. The quantitative estimate of drug-likeness (QED) is 0.336. The lowest BCUT2D eigenvalue weighted by atomic mass is 10.0. The van der Waals surface area contributed by atoms with Gasteiger partial charge in [0.2, 0.25) is 0 Å². The summed E-state index contributed by atoms with van der Waals surface area (Å²) in [7, 11) is 0. The average Bonchev–Trinajstić information content (AvgIpc) is 2.31. The molecule has 0 aromatic heterocycles. The molecule has 0 radical (unpaired) electrons. The molecule has 0 unspecified atom stereocenters. The van der Waals surface area contributed by atoms with E-state index in [0.717, 1.165) is 5.32 Å². The summed E-state index contributed by atoms with van der Waals surface area (Å²) in [6.07, 6.45) is -11.7. The van der Waals surface area contributed by atoms with Gasteiger partial charge < -0.3 is 30.5 Å². The van der Waals surface area contributed by atoms with Gasteiger partial charge in [-0.3, -0.25) is 4.79 Å². The molecule has 7 nitrogen and oxygen atoms in total. The summed E-state index contributed by atoms with van der Waals surface area (Å²) in [5.41, 5.74) is 0. The van der Waals surface area contributed by atoms with Gasteiger partial charge in [0.05, 0.1) is 6.61 Å². The van der Waals surface area contributed by atoms with E-state index in [9.17, 15) is 27.9 Å². The molecule has 0 aromatic rings. The number of aldehydes is 1. The minimum atomic E-state index is -5.26. The number of hydrogen-bond acceptors (Lipinski definition) is 6. The van der Waals surface area contributed by atoms with Crippen LogP contribution in [0.2, 0.25) is 0 Å². The number of halogens is 3. The van der Waals surface area contributed by atoms with Crippen LogP contribution in [0.25, 0.3) is 0 Å². The van der Waals surface area contributed by atoms with Gasteiger partial charge in [-0.1, -0.05) is 0 Å². The zero-order chi connectivity index (χ0) is 14.5. The molecule has 18 heavy (non-hydrogen) atoms. The maximum atomic E-state index is 11.9. The molecule has 0 aliphatic heterocycles. The monoisotopic (exact) mass is 275 g/mol. The maximum absolute atomic E-state index is 11.9. The van der Waals surface area contributed by atoms with Crippen LogP contribution in [0.15, 0.2) is 0 Å². The topological polar surface area (TPSA) is 127 Å². The zero-order valence-electron chi connectivity index (χ0n) is 8.83. The van der Waals surface area contributed by atoms with Crippen molar-refractivity contribution in [1.82, 2.24) is 5.32 Å². The molecule has 0 spiro atoms. The van der Waals surface area contributed by atoms with E-state index in [2.05, 4.69) is 0 Å². The standard InChI is InChI=1S/C8H12F3NO6/c9-8(10,11)7(18)12-3(1-13)5(16)6(17)4(15)2-14/h1,3-6,14-17H,2H2,(H,12,18)/t3-,4+,5+,6+/m0/s1. The van der Waals surface area contributed by atoms with E-state index in [-0.39, 0.29) is 6.29 Å². The third-order valence-electron chi connectivity index (χ3n) is 2.00. The summed E-state index contributed by atoms with van der Waals surface area (Å²) in [5.74, 6) is -2.48. The fourth-order valence-corrected chi connectivity index (χ4v) is 0.981. The van der Waals surface area contributed by atoms with Crippen molar-refractivity contribution in [1.29, 1.82) is 0 Å². The van der Waals surface area contributed by atoms with Crippen molar-refractivity contribution in [2.75, 3.05) is 6.61 Å². The second kappa shape index (κ2) is 6.64. The van der Waals surface area contributed by atoms with Gasteiger partial charge in [0.25, 0.3) is 0 Å². The highest BCUT2D eigenvalue weighted by Gasteiger charge is 2.42. The molecule has 1 amide bonds. The van der Waals surface area contributed by atoms with Crippen molar-refractivity contribution in [3.05, 3.63) is 0 Å². The first-order valence-corrected chi connectivity index (χ1v) is 4.63. The lowest BCUT2D eigenvalue weighted by Gasteiger charge is -2.26. The molecule has 0 bridgehead atoms. The second-order valence-corrected chi connectivity index (χ2v) is 3.36. The van der Waals surface area contributed by atoms with Crippen LogP contribution < -0.4 is 5.32 Å². The molecular weight excluding hydrogens is 263 g/mol. The number of carbonyl (C=O) groups excluding carboxylic acids is 2. The number of alkyl halides is 3. The number of amides is 1. The Kier molecular flexibility index (Phi) is 6.18. The molecule has 0 aliphatic rings. The number of carbonyl (C=O) groups is 2. The van der Waals surface area contributed by atoms with Crippen LogP contribution in [0.3, 0.4) is 0 Å². The Bertz CT molecular complexity index is 297. The summed E-state index contributed by atoms with van der Waals surface area (Å²) < 4.78 is 35.6. The Hall–Kier alpha value is -1.23. The van der Waals surface area contributed by atoms with Crippen LogP contribution in [-0.2, 0) is 9.59 Å². The molecule has 5 N–H and O–H groups in total. The van der Waals surface area contributed by atoms with Gasteiger partial charge in [0, 0.05) is 0 Å². The van der Waals surface area contributed by atoms with Crippen LogP contribution in [0.4, 0.5) is 13.2 Å². The smallest absolute Gasteiger partial charge is 0.394 e. The lowest BCUT2D eigenvalue weighted by molar-refractivity contribution is -0.176. The van der Waals surface area contributed by atoms with Crippen molar-refractivity contribution in [3.63, 3.8) is 0 Å². The summed E-state index contributed by atoms with van der Waals surface area (Å²) in [6, 6.07) is -2.07. The Morgan fingerprint density at radius 2 is 1.72 bits per heavy atom. The third kappa shape index (κ3) is 4.56. The number of rotatable bonds is 6. The van der Waals surface area contributed by atoms with Crippen LogP contribution in [0, 0.1) is 0 Å². The van der Waals surface area contributed by atoms with E-state index in [1.165, 1.54) is 0 Å². The fraction of sp³-hybridized carbons (Fsp3) is 0.750. The molecule has 0 aromatic carbocycles. The predicted molar refractivity (Wildman–Crippen MR) is 49.2 cm³/mol. The van der Waals surface area contributed by atoms with Crippen molar-refractivity contribution in [3.8, 4) is 0 Å². The third-order valence-corrected chi connectivity index (χ3v) is 2.00. The highest BCUT2D eigenvalue weighted by atomic mass is 19.4. The number of nitrogens with one attached hydrogen (secondary N) is 1. The van der Waals surface area contributed by atoms with Gasteiger partial charge in [-0.2, -0.15) is 13.2 Å². The van der Waals surface area contributed by atoms with Gasteiger partial charge in [-0.25, -0.2) is 0 Å². The number of aliphatic hydroxyl groups is 4. The van der Waals surface area contributed by atoms with E-state index in [1.807, 2.05) is 0 Å². The molecular formula is C8H12F3NO6. The minimum absolute atomic E-state index is 0.235. The molecule has 0 saturated heterocycles. The zero-order valence-corrected chi connectivity index (χ0v) is 8.83. The van der Waals surface area contributed by atoms with Crippen LogP contribution in [-0.4, -0.2) is 69.8 Å².